The summed E-state index contributed by atoms with van der Waals surface area (Å²) in [6.45, 7) is 2.04. The zero-order chi connectivity index (χ0) is 10.8. The molecule has 0 radical (unpaired) electrons. The Bertz CT molecular complexity index is 484. The Labute approximate surface area is 108 Å². The van der Waals surface area contributed by atoms with Crippen molar-refractivity contribution < 1.29 is 0 Å². The summed E-state index contributed by atoms with van der Waals surface area (Å²) >= 11 is 8.22. The molecule has 0 aliphatic carbocycles. The number of hydrogen-bond acceptors (Lipinski definition) is 4. The molecule has 0 bridgehead atoms. The van der Waals surface area contributed by atoms with Gasteiger partial charge in [-0.1, -0.05) is 33.3 Å². The van der Waals surface area contributed by atoms with Crippen molar-refractivity contribution in [2.75, 3.05) is 5.32 Å². The smallest absolute Gasteiger partial charge is 0.210 e. The van der Waals surface area contributed by atoms with Crippen LogP contribution in [0.4, 0.5) is 10.8 Å². The van der Waals surface area contributed by atoms with E-state index in [9.17, 15) is 0 Å². The Morgan fingerprint density at radius 3 is 2.73 bits per heavy atom. The van der Waals surface area contributed by atoms with Crippen molar-refractivity contribution in [3.63, 3.8) is 0 Å². The SMILES string of the molecule is Cc1c(Br)cccc1Nc1nnc(Br)s1. The topological polar surface area (TPSA) is 37.8 Å². The molecule has 1 aromatic heterocycles. The van der Waals surface area contributed by atoms with Crippen molar-refractivity contribution in [2.45, 2.75) is 6.92 Å². The van der Waals surface area contributed by atoms with Crippen molar-refractivity contribution in [2.24, 2.45) is 0 Å². The zero-order valence-electron chi connectivity index (χ0n) is 7.79. The lowest BCUT2D eigenvalue weighted by Gasteiger charge is -2.07. The molecule has 0 saturated carbocycles. The first-order valence-corrected chi connectivity index (χ1v) is 6.58. The lowest BCUT2D eigenvalue weighted by Crippen LogP contribution is -1.92. The number of anilines is 2. The molecule has 2 aromatic rings. The van der Waals surface area contributed by atoms with Crippen LogP contribution >= 0.6 is 43.2 Å². The van der Waals surface area contributed by atoms with Gasteiger partial charge in [-0.2, -0.15) is 0 Å². The predicted octanol–water partition coefficient (Wildman–Crippen LogP) is 4.12. The highest BCUT2D eigenvalue weighted by Crippen LogP contribution is 2.28. The Hall–Kier alpha value is -0.460. The maximum absolute atomic E-state index is 3.98. The molecule has 0 fully saturated rings. The highest BCUT2D eigenvalue weighted by molar-refractivity contribution is 9.11. The first-order chi connectivity index (χ1) is 7.16. The average Bonchev–Trinajstić information content (AvgIpc) is 2.59. The van der Waals surface area contributed by atoms with E-state index in [1.807, 2.05) is 25.1 Å². The van der Waals surface area contributed by atoms with Crippen LogP contribution in [-0.4, -0.2) is 10.2 Å². The van der Waals surface area contributed by atoms with Crippen molar-refractivity contribution in [3.05, 3.63) is 32.2 Å². The van der Waals surface area contributed by atoms with Crippen molar-refractivity contribution in [3.8, 4) is 0 Å². The van der Waals surface area contributed by atoms with E-state index in [-0.39, 0.29) is 0 Å². The van der Waals surface area contributed by atoms with E-state index in [1.165, 1.54) is 11.3 Å². The largest absolute Gasteiger partial charge is 0.330 e. The quantitative estimate of drug-likeness (QED) is 0.887. The maximum Gasteiger partial charge on any atom is 0.210 e. The van der Waals surface area contributed by atoms with Gasteiger partial charge in [0.2, 0.25) is 5.13 Å². The lowest BCUT2D eigenvalue weighted by atomic mass is 10.2. The van der Waals surface area contributed by atoms with E-state index in [0.717, 1.165) is 24.8 Å². The maximum atomic E-state index is 3.98. The van der Waals surface area contributed by atoms with Gasteiger partial charge in [0.05, 0.1) is 0 Å². The minimum absolute atomic E-state index is 0.776. The van der Waals surface area contributed by atoms with Gasteiger partial charge in [0.1, 0.15) is 0 Å². The number of rotatable bonds is 2. The Morgan fingerprint density at radius 1 is 1.27 bits per heavy atom. The van der Waals surface area contributed by atoms with Crippen molar-refractivity contribution >= 4 is 54.0 Å². The van der Waals surface area contributed by atoms with Crippen molar-refractivity contribution in [1.29, 1.82) is 0 Å². The van der Waals surface area contributed by atoms with Gasteiger partial charge in [-0.3, -0.25) is 0 Å². The molecule has 0 spiro atoms. The van der Waals surface area contributed by atoms with Gasteiger partial charge < -0.3 is 5.32 Å². The number of halogens is 2. The van der Waals surface area contributed by atoms with Gasteiger partial charge in [0, 0.05) is 10.2 Å². The van der Waals surface area contributed by atoms with E-state index in [1.54, 1.807) is 0 Å². The first-order valence-electron chi connectivity index (χ1n) is 4.18. The molecule has 0 saturated heterocycles. The lowest BCUT2D eigenvalue weighted by molar-refractivity contribution is 1.07. The molecule has 0 amide bonds. The van der Waals surface area contributed by atoms with Gasteiger partial charge in [-0.15, -0.1) is 10.2 Å². The van der Waals surface area contributed by atoms with Crippen LogP contribution in [0.1, 0.15) is 5.56 Å². The molecule has 78 valence electrons. The highest BCUT2D eigenvalue weighted by Gasteiger charge is 2.05. The molecule has 0 unspecified atom stereocenters. The van der Waals surface area contributed by atoms with Crippen molar-refractivity contribution in [1.82, 2.24) is 10.2 Å². The molecule has 0 aliphatic rings. The van der Waals surface area contributed by atoms with Crippen LogP contribution in [0, 0.1) is 6.92 Å². The van der Waals surface area contributed by atoms with Crippen LogP contribution < -0.4 is 5.32 Å². The van der Waals surface area contributed by atoms with E-state index in [0.29, 0.717) is 0 Å². The third-order valence-corrected chi connectivity index (χ3v) is 4.04. The summed E-state index contributed by atoms with van der Waals surface area (Å²) in [5, 5.41) is 11.9. The Kier molecular flexibility index (Phi) is 3.38. The summed E-state index contributed by atoms with van der Waals surface area (Å²) in [5.74, 6) is 0. The molecule has 6 heteroatoms. The molecule has 0 atom stereocenters. The molecule has 1 N–H and O–H groups in total. The van der Waals surface area contributed by atoms with Crippen LogP contribution in [0.3, 0.4) is 0 Å². The summed E-state index contributed by atoms with van der Waals surface area (Å²) in [6, 6.07) is 6.00. The van der Waals surface area contributed by atoms with Gasteiger partial charge in [0.25, 0.3) is 0 Å². The molecule has 1 aromatic carbocycles. The van der Waals surface area contributed by atoms with Crippen LogP contribution in [0.25, 0.3) is 0 Å². The molecule has 1 heterocycles. The third-order valence-electron chi connectivity index (χ3n) is 1.91. The first kappa shape index (κ1) is 11.0. The number of nitrogens with zero attached hydrogens (tertiary/aromatic N) is 2. The number of hydrogen-bond donors (Lipinski definition) is 1. The molecular formula is C9H7Br2N3S. The molecule has 3 nitrogen and oxygen atoms in total. The summed E-state index contributed by atoms with van der Waals surface area (Å²) in [7, 11) is 0. The Balaban J connectivity index is 2.28. The molecule has 15 heavy (non-hydrogen) atoms. The fourth-order valence-electron chi connectivity index (χ4n) is 1.11. The van der Waals surface area contributed by atoms with Gasteiger partial charge in [-0.25, -0.2) is 0 Å². The minimum atomic E-state index is 0.776. The standard InChI is InChI=1S/C9H7Br2N3S/c1-5-6(10)3-2-4-7(5)12-9-14-13-8(11)15-9/h2-4H,1H3,(H,12,14). The summed E-state index contributed by atoms with van der Waals surface area (Å²) in [5.41, 5.74) is 2.19. The normalized spacial score (nSPS) is 10.3. The van der Waals surface area contributed by atoms with E-state index in [4.69, 9.17) is 0 Å². The second-order valence-corrected chi connectivity index (χ2v) is 6.01. The number of aromatic nitrogens is 2. The molecular weight excluding hydrogens is 342 g/mol. The van der Waals surface area contributed by atoms with E-state index >= 15 is 0 Å². The Morgan fingerprint density at radius 2 is 2.07 bits per heavy atom. The summed E-state index contributed by atoms with van der Waals surface area (Å²) in [6.07, 6.45) is 0. The van der Waals surface area contributed by atoms with Gasteiger partial charge in [0.15, 0.2) is 3.92 Å². The zero-order valence-corrected chi connectivity index (χ0v) is 11.8. The third kappa shape index (κ3) is 2.56. The fourth-order valence-corrected chi connectivity index (χ4v) is 2.50. The van der Waals surface area contributed by atoms with E-state index < -0.39 is 0 Å². The summed E-state index contributed by atoms with van der Waals surface area (Å²) < 4.78 is 1.86. The minimum Gasteiger partial charge on any atom is -0.330 e. The van der Waals surface area contributed by atoms with Gasteiger partial charge >= 0.3 is 0 Å². The highest BCUT2D eigenvalue weighted by atomic mass is 79.9. The average molecular weight is 349 g/mol. The van der Waals surface area contributed by atoms with E-state index in [2.05, 4.69) is 47.4 Å². The predicted molar refractivity (Wildman–Crippen MR) is 69.8 cm³/mol. The fraction of sp³-hybridized carbons (Fsp3) is 0.111. The second kappa shape index (κ2) is 4.59. The summed E-state index contributed by atoms with van der Waals surface area (Å²) in [4.78, 5) is 0. The molecule has 2 rings (SSSR count). The monoisotopic (exact) mass is 347 g/mol. The number of nitrogens with one attached hydrogen (secondary N) is 1. The van der Waals surface area contributed by atoms with Crippen LogP contribution in [0.2, 0.25) is 0 Å². The van der Waals surface area contributed by atoms with Crippen LogP contribution in [-0.2, 0) is 0 Å². The van der Waals surface area contributed by atoms with Crippen LogP contribution in [0.15, 0.2) is 26.6 Å². The molecule has 0 aliphatic heterocycles. The number of benzene rings is 1. The van der Waals surface area contributed by atoms with Gasteiger partial charge in [-0.05, 0) is 40.5 Å². The van der Waals surface area contributed by atoms with Crippen LogP contribution in [0.5, 0.6) is 0 Å². The second-order valence-electron chi connectivity index (χ2n) is 2.90.